The molecule has 2 aliphatic heterocycles. The summed E-state index contributed by atoms with van der Waals surface area (Å²) in [6, 6.07) is 0. The molecule has 0 aliphatic carbocycles. The second-order valence-corrected chi connectivity index (χ2v) is 8.36. The number of halogens is 1. The number of nitrogens with one attached hydrogen (secondary N) is 2. The fraction of sp³-hybridized carbons (Fsp3) is 0.950. The van der Waals surface area contributed by atoms with Crippen LogP contribution in [-0.2, 0) is 4.74 Å². The van der Waals surface area contributed by atoms with E-state index < -0.39 is 5.60 Å². The Morgan fingerprint density at radius 1 is 1.03 bits per heavy atom. The van der Waals surface area contributed by atoms with Gasteiger partial charge in [-0.25, -0.2) is 0 Å². The fourth-order valence-corrected chi connectivity index (χ4v) is 3.62. The van der Waals surface area contributed by atoms with Crippen molar-refractivity contribution in [1.82, 2.24) is 25.3 Å². The maximum absolute atomic E-state index is 10.7. The predicted octanol–water partition coefficient (Wildman–Crippen LogP) is 0.270. The number of aliphatic hydroxyl groups is 1. The second-order valence-electron chi connectivity index (χ2n) is 8.36. The molecule has 2 saturated heterocycles. The van der Waals surface area contributed by atoms with Gasteiger partial charge in [0.05, 0.1) is 25.4 Å². The number of rotatable bonds is 10. The summed E-state index contributed by atoms with van der Waals surface area (Å²) in [6.45, 7) is 15.8. The van der Waals surface area contributed by atoms with E-state index in [4.69, 9.17) is 4.74 Å². The summed E-state index contributed by atoms with van der Waals surface area (Å²) in [7, 11) is 2.20. The summed E-state index contributed by atoms with van der Waals surface area (Å²) in [5.74, 6) is 0.796. The van der Waals surface area contributed by atoms with Crippen LogP contribution in [0.2, 0.25) is 0 Å². The average molecular weight is 527 g/mol. The van der Waals surface area contributed by atoms with Crippen LogP contribution in [0.5, 0.6) is 0 Å². The van der Waals surface area contributed by atoms with Crippen molar-refractivity contribution in [2.45, 2.75) is 32.3 Å². The molecule has 29 heavy (non-hydrogen) atoms. The molecular weight excluding hydrogens is 483 g/mol. The monoisotopic (exact) mass is 526 g/mol. The van der Waals surface area contributed by atoms with Gasteiger partial charge in [-0.15, -0.1) is 24.0 Å². The van der Waals surface area contributed by atoms with E-state index in [-0.39, 0.29) is 24.0 Å². The van der Waals surface area contributed by atoms with E-state index in [2.05, 4.69) is 44.3 Å². The number of nitrogens with zero attached hydrogens (tertiary/aromatic N) is 4. The van der Waals surface area contributed by atoms with Gasteiger partial charge < -0.3 is 30.3 Å². The van der Waals surface area contributed by atoms with E-state index >= 15 is 0 Å². The molecule has 1 atom stereocenters. The molecule has 0 bridgehead atoms. The molecule has 1 unspecified atom stereocenters. The number of unbranched alkanes of at least 4 members (excludes halogenated alkanes) is 1. The molecule has 0 amide bonds. The Morgan fingerprint density at radius 3 is 2.38 bits per heavy atom. The van der Waals surface area contributed by atoms with Crippen LogP contribution in [0.1, 0.15) is 26.7 Å². The van der Waals surface area contributed by atoms with Crippen LogP contribution in [0.25, 0.3) is 0 Å². The Hall–Kier alpha value is -0.200. The molecule has 2 heterocycles. The molecule has 0 aromatic carbocycles. The van der Waals surface area contributed by atoms with Crippen molar-refractivity contribution in [1.29, 1.82) is 0 Å². The average Bonchev–Trinajstić information content (AvgIpc) is 2.67. The minimum absolute atomic E-state index is 0. The zero-order valence-corrected chi connectivity index (χ0v) is 21.0. The highest BCUT2D eigenvalue weighted by Gasteiger charge is 2.25. The smallest absolute Gasteiger partial charge is 0.191 e. The van der Waals surface area contributed by atoms with Crippen molar-refractivity contribution < 1.29 is 9.84 Å². The van der Waals surface area contributed by atoms with E-state index in [0.717, 1.165) is 51.8 Å². The van der Waals surface area contributed by atoms with Crippen LogP contribution in [0.15, 0.2) is 4.99 Å². The Labute approximate surface area is 194 Å². The zero-order valence-electron chi connectivity index (χ0n) is 18.7. The van der Waals surface area contributed by atoms with Crippen LogP contribution in [-0.4, -0.2) is 124 Å². The summed E-state index contributed by atoms with van der Waals surface area (Å²) < 4.78 is 5.38. The molecule has 0 aromatic heterocycles. The number of piperazine rings is 1. The van der Waals surface area contributed by atoms with Gasteiger partial charge in [0.2, 0.25) is 0 Å². The second kappa shape index (κ2) is 14.7. The minimum Gasteiger partial charge on any atom is -0.387 e. The lowest BCUT2D eigenvalue weighted by Gasteiger charge is -2.33. The van der Waals surface area contributed by atoms with Crippen molar-refractivity contribution >= 4 is 29.9 Å². The van der Waals surface area contributed by atoms with E-state index in [0.29, 0.717) is 13.1 Å². The van der Waals surface area contributed by atoms with Gasteiger partial charge in [0.25, 0.3) is 0 Å². The first kappa shape index (κ1) is 26.8. The topological polar surface area (TPSA) is 75.6 Å². The molecular formula is C20H43IN6O2. The van der Waals surface area contributed by atoms with Crippen LogP contribution in [0.4, 0.5) is 0 Å². The largest absolute Gasteiger partial charge is 0.387 e. The van der Waals surface area contributed by atoms with Crippen molar-refractivity contribution in [3.63, 3.8) is 0 Å². The standard InChI is InChI=1S/C20H42N6O2.HI/c1-4-21-19(22-7-5-6-8-25-11-9-24(3)10-12-25)23-17-20(2,27)18-26-13-15-28-16-14-26;/h27H,4-18H2,1-3H3,(H2,21,22,23);1H. The van der Waals surface area contributed by atoms with Gasteiger partial charge in [0, 0.05) is 58.9 Å². The molecule has 172 valence electrons. The number of morpholine rings is 1. The van der Waals surface area contributed by atoms with Gasteiger partial charge in [-0.3, -0.25) is 9.89 Å². The Morgan fingerprint density at radius 2 is 1.72 bits per heavy atom. The molecule has 3 N–H and O–H groups in total. The van der Waals surface area contributed by atoms with Crippen molar-refractivity contribution in [3.8, 4) is 0 Å². The SMILES string of the molecule is CCNC(=NCC(C)(O)CN1CCOCC1)NCCCCN1CCN(C)CC1.I. The van der Waals surface area contributed by atoms with Gasteiger partial charge in [-0.1, -0.05) is 0 Å². The van der Waals surface area contributed by atoms with Crippen LogP contribution >= 0.6 is 24.0 Å². The summed E-state index contributed by atoms with van der Waals surface area (Å²) in [5, 5.41) is 17.4. The summed E-state index contributed by atoms with van der Waals surface area (Å²) in [4.78, 5) is 11.8. The highest BCUT2D eigenvalue weighted by molar-refractivity contribution is 14.0. The van der Waals surface area contributed by atoms with E-state index in [1.165, 1.54) is 39.1 Å². The first-order valence-electron chi connectivity index (χ1n) is 10.9. The molecule has 2 fully saturated rings. The predicted molar refractivity (Wildman–Crippen MR) is 130 cm³/mol. The van der Waals surface area contributed by atoms with Crippen molar-refractivity contribution in [2.24, 2.45) is 4.99 Å². The van der Waals surface area contributed by atoms with Gasteiger partial charge in [0.1, 0.15) is 0 Å². The number of hydrogen-bond donors (Lipinski definition) is 3. The Bertz CT molecular complexity index is 452. The van der Waals surface area contributed by atoms with Gasteiger partial charge in [-0.2, -0.15) is 0 Å². The molecule has 0 aromatic rings. The summed E-state index contributed by atoms with van der Waals surface area (Å²) in [5.41, 5.74) is -0.832. The number of β-amino-alcohol motifs (C(OH)–C–C–N with tert-alkyl or cyclic N) is 1. The van der Waals surface area contributed by atoms with Gasteiger partial charge >= 0.3 is 0 Å². The number of ether oxygens (including phenoxy) is 1. The summed E-state index contributed by atoms with van der Waals surface area (Å²) >= 11 is 0. The molecule has 2 rings (SSSR count). The normalized spacial score (nSPS) is 22.0. The Kier molecular flexibility index (Phi) is 13.6. The molecule has 9 heteroatoms. The maximum atomic E-state index is 10.7. The molecule has 2 aliphatic rings. The number of likely N-dealkylation sites (N-methyl/N-ethyl adjacent to an activating group) is 1. The number of hydrogen-bond acceptors (Lipinski definition) is 6. The van der Waals surface area contributed by atoms with Crippen LogP contribution < -0.4 is 10.6 Å². The highest BCUT2D eigenvalue weighted by Crippen LogP contribution is 2.09. The van der Waals surface area contributed by atoms with Gasteiger partial charge in [0.15, 0.2) is 5.96 Å². The first-order valence-corrected chi connectivity index (χ1v) is 10.9. The molecule has 0 saturated carbocycles. The molecule has 0 radical (unpaired) electrons. The van der Waals surface area contributed by atoms with E-state index in [1.807, 2.05) is 6.92 Å². The first-order chi connectivity index (χ1) is 13.5. The number of guanidine groups is 1. The van der Waals surface area contributed by atoms with Crippen LogP contribution in [0.3, 0.4) is 0 Å². The van der Waals surface area contributed by atoms with Crippen molar-refractivity contribution in [3.05, 3.63) is 0 Å². The zero-order chi connectivity index (χ0) is 20.2. The quantitative estimate of drug-likeness (QED) is 0.163. The third-order valence-electron chi connectivity index (χ3n) is 5.38. The third kappa shape index (κ3) is 11.7. The lowest BCUT2D eigenvalue weighted by Crippen LogP contribution is -2.48. The lowest BCUT2D eigenvalue weighted by molar-refractivity contribution is -0.0179. The van der Waals surface area contributed by atoms with Gasteiger partial charge in [-0.05, 0) is 40.3 Å². The molecule has 8 nitrogen and oxygen atoms in total. The number of aliphatic imine (C=N–C) groups is 1. The van der Waals surface area contributed by atoms with E-state index in [1.54, 1.807) is 0 Å². The Balaban J connectivity index is 0.00000420. The highest BCUT2D eigenvalue weighted by atomic mass is 127. The lowest BCUT2D eigenvalue weighted by atomic mass is 10.1. The maximum Gasteiger partial charge on any atom is 0.191 e. The molecule has 0 spiro atoms. The fourth-order valence-electron chi connectivity index (χ4n) is 3.62. The van der Waals surface area contributed by atoms with Crippen LogP contribution in [0, 0.1) is 0 Å². The minimum atomic E-state index is -0.832. The summed E-state index contributed by atoms with van der Waals surface area (Å²) in [6.07, 6.45) is 2.33. The third-order valence-corrected chi connectivity index (χ3v) is 5.38. The van der Waals surface area contributed by atoms with E-state index in [9.17, 15) is 5.11 Å². The van der Waals surface area contributed by atoms with Crippen molar-refractivity contribution in [2.75, 3.05) is 92.3 Å².